The number of aromatic nitrogens is 1. The number of nitrogens with zero attached hydrogens (tertiary/aromatic N) is 2. The Balaban J connectivity index is 1.69. The third kappa shape index (κ3) is 4.19. The minimum atomic E-state index is -3.62. The van der Waals surface area contributed by atoms with Crippen LogP contribution in [0, 0.1) is 19.8 Å². The SMILES string of the molecule is COc1cc(C)c(C)cc1S(=O)(=O)NCC1CCCN(c2nccs2)C1. The third-order valence-corrected chi connectivity index (χ3v) is 7.12. The summed E-state index contributed by atoms with van der Waals surface area (Å²) in [5.74, 6) is 0.647. The second-order valence-electron chi connectivity index (χ2n) is 6.71. The molecule has 8 heteroatoms. The van der Waals surface area contributed by atoms with Crippen LogP contribution < -0.4 is 14.4 Å². The number of hydrogen-bond acceptors (Lipinski definition) is 6. The van der Waals surface area contributed by atoms with Crippen molar-refractivity contribution in [3.05, 3.63) is 34.8 Å². The molecule has 2 aromatic rings. The number of nitrogens with one attached hydrogen (secondary N) is 1. The maximum Gasteiger partial charge on any atom is 0.244 e. The first kappa shape index (κ1) is 19.1. The molecule has 6 nitrogen and oxygen atoms in total. The topological polar surface area (TPSA) is 71.5 Å². The largest absolute Gasteiger partial charge is 0.495 e. The molecule has 0 radical (unpaired) electrons. The fraction of sp³-hybridized carbons (Fsp3) is 0.500. The van der Waals surface area contributed by atoms with Gasteiger partial charge in [0.15, 0.2) is 5.13 Å². The van der Waals surface area contributed by atoms with Crippen LogP contribution in [-0.2, 0) is 10.0 Å². The molecule has 1 aromatic carbocycles. The molecule has 0 bridgehead atoms. The van der Waals surface area contributed by atoms with E-state index in [9.17, 15) is 8.42 Å². The van der Waals surface area contributed by atoms with Crippen LogP contribution in [0.1, 0.15) is 24.0 Å². The number of thiazole rings is 1. The fourth-order valence-electron chi connectivity index (χ4n) is 3.22. The molecule has 0 saturated carbocycles. The summed E-state index contributed by atoms with van der Waals surface area (Å²) in [4.78, 5) is 6.80. The van der Waals surface area contributed by atoms with E-state index in [2.05, 4.69) is 14.6 Å². The van der Waals surface area contributed by atoms with Crippen LogP contribution in [0.2, 0.25) is 0 Å². The summed E-state index contributed by atoms with van der Waals surface area (Å²) >= 11 is 1.62. The van der Waals surface area contributed by atoms with Crippen LogP contribution in [0.5, 0.6) is 5.75 Å². The van der Waals surface area contributed by atoms with Crippen molar-refractivity contribution in [1.29, 1.82) is 0 Å². The first-order chi connectivity index (χ1) is 12.4. The summed E-state index contributed by atoms with van der Waals surface area (Å²) in [5, 5.41) is 2.97. The van der Waals surface area contributed by atoms with E-state index in [0.29, 0.717) is 12.3 Å². The Hall–Kier alpha value is -1.64. The predicted octanol–water partition coefficient (Wildman–Crippen LogP) is 2.96. The molecule has 1 aromatic heterocycles. The number of sulfonamides is 1. The quantitative estimate of drug-likeness (QED) is 0.814. The number of piperidine rings is 1. The minimum absolute atomic E-state index is 0.204. The van der Waals surface area contributed by atoms with Gasteiger partial charge in [0, 0.05) is 31.2 Å². The Kier molecular flexibility index (Phi) is 5.84. The molecule has 1 atom stereocenters. The van der Waals surface area contributed by atoms with Crippen LogP contribution in [0.3, 0.4) is 0 Å². The van der Waals surface area contributed by atoms with E-state index in [1.165, 1.54) is 7.11 Å². The van der Waals surface area contributed by atoms with Gasteiger partial charge in [-0.3, -0.25) is 0 Å². The Morgan fingerprint density at radius 1 is 1.35 bits per heavy atom. The normalized spacial score (nSPS) is 18.1. The first-order valence-electron chi connectivity index (χ1n) is 8.70. The van der Waals surface area contributed by atoms with Gasteiger partial charge < -0.3 is 9.64 Å². The van der Waals surface area contributed by atoms with Crippen LogP contribution in [0.25, 0.3) is 0 Å². The molecule has 2 heterocycles. The van der Waals surface area contributed by atoms with Crippen molar-refractivity contribution in [2.24, 2.45) is 5.92 Å². The lowest BCUT2D eigenvalue weighted by Gasteiger charge is -2.32. The van der Waals surface area contributed by atoms with Crippen molar-refractivity contribution < 1.29 is 13.2 Å². The highest BCUT2D eigenvalue weighted by Crippen LogP contribution is 2.28. The molecule has 1 fully saturated rings. The standard InChI is InChI=1S/C18H25N3O3S2/c1-13-9-16(24-3)17(10-14(13)2)26(22,23)20-11-15-5-4-7-21(12-15)18-19-6-8-25-18/h6,8-10,15,20H,4-5,7,11-12H2,1-3H3. The van der Waals surface area contributed by atoms with Gasteiger partial charge in [-0.15, -0.1) is 11.3 Å². The van der Waals surface area contributed by atoms with Crippen LogP contribution in [-0.4, -0.2) is 40.1 Å². The van der Waals surface area contributed by atoms with Crippen molar-refractivity contribution >= 4 is 26.5 Å². The number of aryl methyl sites for hydroxylation is 2. The molecule has 26 heavy (non-hydrogen) atoms. The van der Waals surface area contributed by atoms with Gasteiger partial charge in [0.25, 0.3) is 0 Å². The van der Waals surface area contributed by atoms with Gasteiger partial charge in [-0.25, -0.2) is 18.1 Å². The van der Waals surface area contributed by atoms with Crippen molar-refractivity contribution in [3.63, 3.8) is 0 Å². The summed E-state index contributed by atoms with van der Waals surface area (Å²) in [7, 11) is -2.12. The van der Waals surface area contributed by atoms with Crippen LogP contribution >= 0.6 is 11.3 Å². The zero-order chi connectivity index (χ0) is 18.7. The van der Waals surface area contributed by atoms with E-state index in [4.69, 9.17) is 4.74 Å². The van der Waals surface area contributed by atoms with E-state index in [-0.39, 0.29) is 10.8 Å². The second kappa shape index (κ2) is 7.94. The molecular weight excluding hydrogens is 370 g/mol. The smallest absolute Gasteiger partial charge is 0.244 e. The molecule has 1 unspecified atom stereocenters. The first-order valence-corrected chi connectivity index (χ1v) is 11.1. The lowest BCUT2D eigenvalue weighted by atomic mass is 9.99. The van der Waals surface area contributed by atoms with Crippen LogP contribution in [0.15, 0.2) is 28.6 Å². The lowest BCUT2D eigenvalue weighted by Crippen LogP contribution is -2.41. The van der Waals surface area contributed by atoms with E-state index >= 15 is 0 Å². The highest BCUT2D eigenvalue weighted by Gasteiger charge is 2.25. The molecule has 1 N–H and O–H groups in total. The number of anilines is 1. The van der Waals surface area contributed by atoms with Gasteiger partial charge in [-0.2, -0.15) is 0 Å². The van der Waals surface area contributed by atoms with Gasteiger partial charge in [-0.1, -0.05) is 0 Å². The molecule has 0 aliphatic carbocycles. The Morgan fingerprint density at radius 2 is 2.12 bits per heavy atom. The zero-order valence-corrected chi connectivity index (χ0v) is 17.0. The highest BCUT2D eigenvalue weighted by atomic mass is 32.2. The van der Waals surface area contributed by atoms with Gasteiger partial charge in [0.05, 0.1) is 7.11 Å². The van der Waals surface area contributed by atoms with Gasteiger partial charge in [0.2, 0.25) is 10.0 Å². The molecule has 0 spiro atoms. The fourth-order valence-corrected chi connectivity index (χ4v) is 5.25. The predicted molar refractivity (Wildman–Crippen MR) is 105 cm³/mol. The Labute approximate surface area is 159 Å². The summed E-state index contributed by atoms with van der Waals surface area (Å²) in [6.07, 6.45) is 3.85. The van der Waals surface area contributed by atoms with E-state index < -0.39 is 10.0 Å². The van der Waals surface area contributed by atoms with Crippen molar-refractivity contribution in [2.75, 3.05) is 31.6 Å². The number of hydrogen-bond donors (Lipinski definition) is 1. The summed E-state index contributed by atoms with van der Waals surface area (Å²) in [6, 6.07) is 3.45. The maximum atomic E-state index is 12.8. The van der Waals surface area contributed by atoms with Crippen molar-refractivity contribution in [3.8, 4) is 5.75 Å². The van der Waals surface area contributed by atoms with Crippen LogP contribution in [0.4, 0.5) is 5.13 Å². The summed E-state index contributed by atoms with van der Waals surface area (Å²) < 4.78 is 33.7. The summed E-state index contributed by atoms with van der Waals surface area (Å²) in [6.45, 7) is 6.06. The van der Waals surface area contributed by atoms with E-state index in [1.54, 1.807) is 29.7 Å². The molecule has 1 aliphatic rings. The highest BCUT2D eigenvalue weighted by molar-refractivity contribution is 7.89. The van der Waals surface area contributed by atoms with Gasteiger partial charge in [-0.05, 0) is 55.9 Å². The van der Waals surface area contributed by atoms with Gasteiger partial charge in [0.1, 0.15) is 10.6 Å². The minimum Gasteiger partial charge on any atom is -0.495 e. The van der Waals surface area contributed by atoms with E-state index in [0.717, 1.165) is 42.2 Å². The number of ether oxygens (including phenoxy) is 1. The molecule has 1 aliphatic heterocycles. The number of methoxy groups -OCH3 is 1. The average Bonchev–Trinajstić information content (AvgIpc) is 3.17. The zero-order valence-electron chi connectivity index (χ0n) is 15.4. The molecular formula is C18H25N3O3S2. The molecule has 1 saturated heterocycles. The average molecular weight is 396 g/mol. The van der Waals surface area contributed by atoms with Crippen molar-refractivity contribution in [1.82, 2.24) is 9.71 Å². The molecule has 3 rings (SSSR count). The summed E-state index contributed by atoms with van der Waals surface area (Å²) in [5.41, 5.74) is 1.94. The van der Waals surface area contributed by atoms with Gasteiger partial charge >= 0.3 is 0 Å². The molecule has 0 amide bonds. The Morgan fingerprint density at radius 3 is 2.81 bits per heavy atom. The van der Waals surface area contributed by atoms with Crippen molar-refractivity contribution in [2.45, 2.75) is 31.6 Å². The lowest BCUT2D eigenvalue weighted by molar-refractivity contribution is 0.398. The monoisotopic (exact) mass is 395 g/mol. The number of benzene rings is 1. The maximum absolute atomic E-state index is 12.8. The molecule has 142 valence electrons. The Bertz CT molecular complexity index is 851. The number of rotatable bonds is 6. The third-order valence-electron chi connectivity index (χ3n) is 4.84. The second-order valence-corrected chi connectivity index (χ2v) is 9.32. The van der Waals surface area contributed by atoms with E-state index in [1.807, 2.05) is 19.2 Å².